The summed E-state index contributed by atoms with van der Waals surface area (Å²) in [7, 11) is 1.23. The summed E-state index contributed by atoms with van der Waals surface area (Å²) in [6, 6.07) is 11.1. The second kappa shape index (κ2) is 11.1. The zero-order valence-electron chi connectivity index (χ0n) is 19.6. The molecule has 0 saturated carbocycles. The smallest absolute Gasteiger partial charge is 0.265 e. The van der Waals surface area contributed by atoms with Gasteiger partial charge in [-0.1, -0.05) is 41.7 Å². The molecule has 3 N–H and O–H groups in total. The quantitative estimate of drug-likeness (QED) is 0.361. The molecule has 194 valence electrons. The Bertz CT molecular complexity index is 1180. The molecule has 2 aromatic carbocycles. The zero-order chi connectivity index (χ0) is 25.9. The Balaban J connectivity index is 1.66. The van der Waals surface area contributed by atoms with Crippen LogP contribution in [0.1, 0.15) is 24.1 Å². The summed E-state index contributed by atoms with van der Waals surface area (Å²) in [6.07, 6.45) is -4.13. The average molecular weight is 526 g/mol. The second-order valence-electron chi connectivity index (χ2n) is 8.70. The number of hydrogen-bond acceptors (Lipinski definition) is 7. The first-order valence-corrected chi connectivity index (χ1v) is 12.2. The molecule has 36 heavy (non-hydrogen) atoms. The van der Waals surface area contributed by atoms with Crippen LogP contribution in [0, 0.1) is 11.6 Å². The topological polar surface area (TPSA) is 77.9 Å². The van der Waals surface area contributed by atoms with Crippen molar-refractivity contribution in [3.8, 4) is 16.3 Å². The van der Waals surface area contributed by atoms with Crippen molar-refractivity contribution in [1.82, 2.24) is 10.3 Å². The van der Waals surface area contributed by atoms with E-state index in [0.717, 1.165) is 29.0 Å². The number of nitrogens with one attached hydrogen (secondary N) is 1. The lowest BCUT2D eigenvalue weighted by atomic mass is 9.83. The van der Waals surface area contributed by atoms with Crippen molar-refractivity contribution in [1.29, 1.82) is 0 Å². The molecule has 3 aromatic rings. The van der Waals surface area contributed by atoms with Crippen LogP contribution >= 0.6 is 11.3 Å². The zero-order valence-corrected chi connectivity index (χ0v) is 20.4. The van der Waals surface area contributed by atoms with Crippen molar-refractivity contribution in [3.63, 3.8) is 0 Å². The summed E-state index contributed by atoms with van der Waals surface area (Å²) in [5, 5.41) is 24.3. The van der Waals surface area contributed by atoms with Gasteiger partial charge in [0.25, 0.3) is 6.43 Å². The van der Waals surface area contributed by atoms with Crippen molar-refractivity contribution in [2.24, 2.45) is 0 Å². The minimum absolute atomic E-state index is 0.0133. The van der Waals surface area contributed by atoms with Gasteiger partial charge in [0.15, 0.2) is 11.6 Å². The maximum absolute atomic E-state index is 14.7. The number of methoxy groups -OCH3 is 1. The van der Waals surface area contributed by atoms with Crippen LogP contribution in [0.4, 0.5) is 22.6 Å². The monoisotopic (exact) mass is 525 g/mol. The van der Waals surface area contributed by atoms with Crippen molar-refractivity contribution < 1.29 is 32.5 Å². The maximum Gasteiger partial charge on any atom is 0.265 e. The van der Waals surface area contributed by atoms with E-state index >= 15 is 0 Å². The molecule has 1 fully saturated rings. The van der Waals surface area contributed by atoms with Crippen LogP contribution in [0.2, 0.25) is 0 Å². The highest BCUT2D eigenvalue weighted by Gasteiger charge is 2.46. The summed E-state index contributed by atoms with van der Waals surface area (Å²) in [6.45, 7) is 0.262. The number of hydrogen-bond donors (Lipinski definition) is 3. The number of ether oxygens (including phenoxy) is 1. The number of aliphatic hydroxyl groups excluding tert-OH is 2. The predicted octanol–water partition coefficient (Wildman–Crippen LogP) is 4.34. The molecule has 1 aliphatic rings. The van der Waals surface area contributed by atoms with Crippen molar-refractivity contribution >= 4 is 16.3 Å². The lowest BCUT2D eigenvalue weighted by molar-refractivity contribution is -0.0657. The molecule has 6 nitrogen and oxygen atoms in total. The van der Waals surface area contributed by atoms with Gasteiger partial charge in [-0.05, 0) is 24.5 Å². The molecule has 0 aliphatic carbocycles. The molecular formula is C25H27F4N3O3S. The van der Waals surface area contributed by atoms with Crippen LogP contribution in [0.3, 0.4) is 0 Å². The van der Waals surface area contributed by atoms with Gasteiger partial charge in [-0.15, -0.1) is 0 Å². The van der Waals surface area contributed by atoms with E-state index in [1.165, 1.54) is 7.11 Å². The minimum Gasteiger partial charge on any atom is -0.494 e. The van der Waals surface area contributed by atoms with Gasteiger partial charge in [0.2, 0.25) is 0 Å². The highest BCUT2D eigenvalue weighted by Crippen LogP contribution is 2.40. The molecule has 2 atom stereocenters. The first kappa shape index (κ1) is 26.3. The molecule has 1 aromatic heterocycles. The Morgan fingerprint density at radius 1 is 1.19 bits per heavy atom. The Morgan fingerprint density at radius 2 is 1.94 bits per heavy atom. The first-order valence-electron chi connectivity index (χ1n) is 11.4. The van der Waals surface area contributed by atoms with Crippen LogP contribution in [0.25, 0.3) is 10.6 Å². The Kier molecular flexibility index (Phi) is 8.13. The molecule has 2 heterocycles. The van der Waals surface area contributed by atoms with Gasteiger partial charge in [-0.3, -0.25) is 0 Å². The van der Waals surface area contributed by atoms with Gasteiger partial charge in [0, 0.05) is 31.3 Å². The lowest BCUT2D eigenvalue weighted by Crippen LogP contribution is -2.65. The molecule has 1 aliphatic heterocycles. The van der Waals surface area contributed by atoms with Crippen LogP contribution < -0.4 is 15.0 Å². The van der Waals surface area contributed by atoms with Gasteiger partial charge in [-0.2, -0.15) is 0 Å². The largest absolute Gasteiger partial charge is 0.494 e. The molecule has 0 bridgehead atoms. The summed E-state index contributed by atoms with van der Waals surface area (Å²) in [5.74, 6) is -1.76. The van der Waals surface area contributed by atoms with Crippen molar-refractivity contribution in [2.45, 2.75) is 44.1 Å². The molecule has 1 saturated heterocycles. The number of aromatic nitrogens is 1. The van der Waals surface area contributed by atoms with E-state index < -0.39 is 36.3 Å². The second-order valence-corrected chi connectivity index (χ2v) is 9.67. The van der Waals surface area contributed by atoms with Gasteiger partial charge in [0.05, 0.1) is 19.3 Å². The maximum atomic E-state index is 14.7. The fraction of sp³-hybridized carbons (Fsp3) is 0.400. The number of aliphatic hydroxyl groups is 2. The van der Waals surface area contributed by atoms with E-state index in [2.05, 4.69) is 10.3 Å². The molecule has 0 spiro atoms. The van der Waals surface area contributed by atoms with Crippen molar-refractivity contribution in [3.05, 3.63) is 65.4 Å². The Morgan fingerprint density at radius 3 is 2.61 bits per heavy atom. The normalized spacial score (nSPS) is 19.1. The van der Waals surface area contributed by atoms with Crippen LogP contribution in [0.5, 0.6) is 5.75 Å². The van der Waals surface area contributed by atoms with E-state index in [-0.39, 0.29) is 35.1 Å². The molecule has 0 amide bonds. The minimum atomic E-state index is -2.97. The van der Waals surface area contributed by atoms with Crippen LogP contribution in [-0.4, -0.2) is 53.5 Å². The number of nitrogens with zero attached hydrogens (tertiary/aromatic N) is 2. The number of thiazole rings is 1. The van der Waals surface area contributed by atoms with Gasteiger partial charge >= 0.3 is 0 Å². The summed E-state index contributed by atoms with van der Waals surface area (Å²) >= 11 is 1.03. The van der Waals surface area contributed by atoms with E-state index in [4.69, 9.17) is 4.74 Å². The standard InChI is InChI=1S/C25H27F4N3O3S/c1-35-20-11-17(26)16(10-18(20)27)23-31-19(13-33)24(36-23)32-9-5-8-25(14-32,21(34)22(28)29)30-12-15-6-3-2-4-7-15/h2-4,6-7,10-11,21-22,30,33-34H,5,8-9,12-14H2,1H3. The fourth-order valence-corrected chi connectivity index (χ4v) is 5.64. The van der Waals surface area contributed by atoms with E-state index in [1.807, 2.05) is 30.3 Å². The third-order valence-electron chi connectivity index (χ3n) is 6.40. The predicted molar refractivity (Wildman–Crippen MR) is 129 cm³/mol. The third-order valence-corrected chi connectivity index (χ3v) is 7.59. The van der Waals surface area contributed by atoms with Gasteiger partial charge in [-0.25, -0.2) is 22.5 Å². The number of piperidine rings is 1. The van der Waals surface area contributed by atoms with Crippen molar-refractivity contribution in [2.75, 3.05) is 25.1 Å². The Hall–Kier alpha value is -2.73. The molecule has 11 heteroatoms. The number of benzene rings is 2. The lowest BCUT2D eigenvalue weighted by Gasteiger charge is -2.46. The van der Waals surface area contributed by atoms with Crippen LogP contribution in [0.15, 0.2) is 42.5 Å². The summed E-state index contributed by atoms with van der Waals surface area (Å²) < 4.78 is 61.3. The first-order chi connectivity index (χ1) is 17.3. The van der Waals surface area contributed by atoms with Gasteiger partial charge in [0.1, 0.15) is 27.6 Å². The van der Waals surface area contributed by atoms with Crippen LogP contribution in [-0.2, 0) is 13.2 Å². The molecule has 0 radical (unpaired) electrons. The SMILES string of the molecule is COc1cc(F)c(-c2nc(CO)c(N3CCCC(NCc4ccccc4)(C(O)C(F)F)C3)s2)cc1F. The number of alkyl halides is 2. The van der Waals surface area contributed by atoms with Gasteiger partial charge < -0.3 is 25.2 Å². The van der Waals surface area contributed by atoms with E-state index in [1.54, 1.807) is 4.90 Å². The van der Waals surface area contributed by atoms with E-state index in [0.29, 0.717) is 24.4 Å². The molecule has 2 unspecified atom stereocenters. The number of anilines is 1. The number of halogens is 4. The average Bonchev–Trinajstić information content (AvgIpc) is 3.33. The molecule has 4 rings (SSSR count). The summed E-state index contributed by atoms with van der Waals surface area (Å²) in [5.41, 5.74) is -0.340. The molecular weight excluding hydrogens is 498 g/mol. The fourth-order valence-electron chi connectivity index (χ4n) is 4.52. The summed E-state index contributed by atoms with van der Waals surface area (Å²) in [4.78, 5) is 6.06. The highest BCUT2D eigenvalue weighted by molar-refractivity contribution is 7.19. The highest BCUT2D eigenvalue weighted by atomic mass is 32.1. The Labute approximate surface area is 210 Å². The van der Waals surface area contributed by atoms with E-state index in [9.17, 15) is 27.8 Å². The number of rotatable bonds is 9. The third kappa shape index (κ3) is 5.34.